The summed E-state index contributed by atoms with van der Waals surface area (Å²) in [7, 11) is 0. The number of ketones is 1. The molecule has 2 rings (SSSR count). The molecule has 1 aromatic carbocycles. The first-order valence-corrected chi connectivity index (χ1v) is 6.32. The van der Waals surface area contributed by atoms with Gasteiger partial charge in [0.2, 0.25) is 0 Å². The van der Waals surface area contributed by atoms with Crippen LogP contribution in [0.4, 0.5) is 8.78 Å². The minimum Gasteiger partial charge on any atom is -0.294 e. The van der Waals surface area contributed by atoms with Gasteiger partial charge < -0.3 is 0 Å². The Morgan fingerprint density at radius 2 is 2.00 bits per heavy atom. The molecule has 0 aliphatic heterocycles. The molecule has 0 fully saturated rings. The Morgan fingerprint density at radius 3 is 2.70 bits per heavy atom. The van der Waals surface area contributed by atoms with E-state index >= 15 is 0 Å². The summed E-state index contributed by atoms with van der Waals surface area (Å²) in [5, 5.41) is 7.86. The highest BCUT2D eigenvalue weighted by Gasteiger charge is 2.16. The summed E-state index contributed by atoms with van der Waals surface area (Å²) >= 11 is 0. The molecule has 0 saturated carbocycles. The van der Waals surface area contributed by atoms with Crippen LogP contribution in [0.25, 0.3) is 0 Å². The zero-order valence-electron chi connectivity index (χ0n) is 11.3. The third-order valence-corrected chi connectivity index (χ3v) is 3.01. The molecular formula is C15H14F2N2O. The van der Waals surface area contributed by atoms with E-state index in [1.165, 1.54) is 12.1 Å². The van der Waals surface area contributed by atoms with Crippen LogP contribution in [0.1, 0.15) is 34.2 Å². The second-order valence-electron chi connectivity index (χ2n) is 4.51. The highest BCUT2D eigenvalue weighted by atomic mass is 19.2. The van der Waals surface area contributed by atoms with Crippen LogP contribution in [-0.2, 0) is 12.8 Å². The standard InChI is InChI=1S/C15H14F2N2O/c1-3-13-11(7-9(2)18-19-13)14(20)8-10-5-4-6-12(16)15(10)17/h4-7H,3,8H2,1-2H3. The first kappa shape index (κ1) is 14.2. The molecule has 0 unspecified atom stereocenters. The predicted molar refractivity (Wildman–Crippen MR) is 70.5 cm³/mol. The summed E-state index contributed by atoms with van der Waals surface area (Å²) in [4.78, 5) is 12.3. The lowest BCUT2D eigenvalue weighted by Gasteiger charge is -2.07. The fourth-order valence-electron chi connectivity index (χ4n) is 1.97. The van der Waals surface area contributed by atoms with Gasteiger partial charge in [-0.2, -0.15) is 10.2 Å². The van der Waals surface area contributed by atoms with Crippen molar-refractivity contribution in [2.75, 3.05) is 0 Å². The lowest BCUT2D eigenvalue weighted by atomic mass is 10.0. The normalized spacial score (nSPS) is 10.6. The van der Waals surface area contributed by atoms with E-state index < -0.39 is 11.6 Å². The van der Waals surface area contributed by atoms with E-state index in [0.29, 0.717) is 23.4 Å². The Balaban J connectivity index is 2.33. The molecule has 0 spiro atoms. The zero-order chi connectivity index (χ0) is 14.7. The van der Waals surface area contributed by atoms with Crippen LogP contribution in [0.3, 0.4) is 0 Å². The summed E-state index contributed by atoms with van der Waals surface area (Å²) in [6.07, 6.45) is 0.363. The second kappa shape index (κ2) is 5.86. The molecule has 0 radical (unpaired) electrons. The van der Waals surface area contributed by atoms with Crippen molar-refractivity contribution in [2.45, 2.75) is 26.7 Å². The maximum Gasteiger partial charge on any atom is 0.169 e. The minimum atomic E-state index is -0.974. The van der Waals surface area contributed by atoms with Gasteiger partial charge in [0.1, 0.15) is 0 Å². The molecule has 1 aromatic heterocycles. The van der Waals surface area contributed by atoms with E-state index in [9.17, 15) is 13.6 Å². The van der Waals surface area contributed by atoms with Gasteiger partial charge in [0, 0.05) is 12.0 Å². The Labute approximate surface area is 115 Å². The molecular weight excluding hydrogens is 262 g/mol. The lowest BCUT2D eigenvalue weighted by Crippen LogP contribution is -2.11. The maximum atomic E-state index is 13.6. The van der Waals surface area contributed by atoms with Gasteiger partial charge in [-0.05, 0) is 31.0 Å². The average Bonchev–Trinajstić information content (AvgIpc) is 2.43. The smallest absolute Gasteiger partial charge is 0.169 e. The van der Waals surface area contributed by atoms with E-state index in [0.717, 1.165) is 6.07 Å². The Bertz CT molecular complexity index is 656. The molecule has 2 aromatic rings. The van der Waals surface area contributed by atoms with Gasteiger partial charge in [-0.3, -0.25) is 4.79 Å². The summed E-state index contributed by atoms with van der Waals surface area (Å²) in [5.74, 6) is -2.21. The third-order valence-electron chi connectivity index (χ3n) is 3.01. The predicted octanol–water partition coefficient (Wildman–Crippen LogP) is 3.05. The first-order chi connectivity index (χ1) is 9.52. The minimum absolute atomic E-state index is 0.0477. The Hall–Kier alpha value is -2.17. The van der Waals surface area contributed by atoms with Crippen LogP contribution >= 0.6 is 0 Å². The van der Waals surface area contributed by atoms with E-state index in [1.807, 2.05) is 6.92 Å². The van der Waals surface area contributed by atoms with Crippen molar-refractivity contribution >= 4 is 5.78 Å². The number of Topliss-reactive ketones (excluding diaryl/α,β-unsaturated/α-hetero) is 1. The lowest BCUT2D eigenvalue weighted by molar-refractivity contribution is 0.0990. The van der Waals surface area contributed by atoms with Gasteiger partial charge in [-0.25, -0.2) is 8.78 Å². The molecule has 104 valence electrons. The molecule has 0 N–H and O–H groups in total. The van der Waals surface area contributed by atoms with Crippen molar-refractivity contribution in [1.29, 1.82) is 0 Å². The zero-order valence-corrected chi connectivity index (χ0v) is 11.3. The number of aryl methyl sites for hydroxylation is 2. The maximum absolute atomic E-state index is 13.6. The third kappa shape index (κ3) is 2.87. The van der Waals surface area contributed by atoms with E-state index in [-0.39, 0.29) is 17.8 Å². The highest BCUT2D eigenvalue weighted by molar-refractivity contribution is 5.98. The van der Waals surface area contributed by atoms with Gasteiger partial charge in [-0.1, -0.05) is 19.1 Å². The number of halogens is 2. The monoisotopic (exact) mass is 276 g/mol. The van der Waals surface area contributed by atoms with Crippen LogP contribution in [-0.4, -0.2) is 16.0 Å². The number of hydrogen-bond acceptors (Lipinski definition) is 3. The van der Waals surface area contributed by atoms with E-state index in [4.69, 9.17) is 0 Å². The molecule has 5 heteroatoms. The summed E-state index contributed by atoms with van der Waals surface area (Å²) < 4.78 is 26.7. The topological polar surface area (TPSA) is 42.9 Å². The molecule has 0 aliphatic rings. The van der Waals surface area contributed by atoms with Crippen LogP contribution in [0.5, 0.6) is 0 Å². The van der Waals surface area contributed by atoms with Crippen molar-refractivity contribution in [2.24, 2.45) is 0 Å². The molecule has 0 aliphatic carbocycles. The first-order valence-electron chi connectivity index (χ1n) is 6.32. The van der Waals surface area contributed by atoms with Crippen molar-refractivity contribution < 1.29 is 13.6 Å². The second-order valence-corrected chi connectivity index (χ2v) is 4.51. The summed E-state index contributed by atoms with van der Waals surface area (Å²) in [6.45, 7) is 3.59. The van der Waals surface area contributed by atoms with Crippen molar-refractivity contribution in [1.82, 2.24) is 10.2 Å². The summed E-state index contributed by atoms with van der Waals surface area (Å²) in [5.41, 5.74) is 1.65. The van der Waals surface area contributed by atoms with Gasteiger partial charge >= 0.3 is 0 Å². The quantitative estimate of drug-likeness (QED) is 0.806. The molecule has 1 heterocycles. The van der Waals surface area contributed by atoms with E-state index in [1.54, 1.807) is 13.0 Å². The fourth-order valence-corrected chi connectivity index (χ4v) is 1.97. The van der Waals surface area contributed by atoms with Gasteiger partial charge in [-0.15, -0.1) is 0 Å². The Kier molecular flexibility index (Phi) is 4.17. The van der Waals surface area contributed by atoms with E-state index in [2.05, 4.69) is 10.2 Å². The molecule has 3 nitrogen and oxygen atoms in total. The average molecular weight is 276 g/mol. The van der Waals surface area contributed by atoms with Crippen LogP contribution in [0.2, 0.25) is 0 Å². The molecule has 0 saturated heterocycles. The number of carbonyl (C=O) groups excluding carboxylic acids is 1. The number of carbonyl (C=O) groups is 1. The van der Waals surface area contributed by atoms with Gasteiger partial charge in [0.25, 0.3) is 0 Å². The highest BCUT2D eigenvalue weighted by Crippen LogP contribution is 2.16. The van der Waals surface area contributed by atoms with Crippen LogP contribution in [0, 0.1) is 18.6 Å². The van der Waals surface area contributed by atoms with Gasteiger partial charge in [0.15, 0.2) is 17.4 Å². The SMILES string of the molecule is CCc1nnc(C)cc1C(=O)Cc1cccc(F)c1F. The number of rotatable bonds is 4. The molecule has 0 amide bonds. The number of aromatic nitrogens is 2. The largest absolute Gasteiger partial charge is 0.294 e. The number of nitrogens with zero attached hydrogens (tertiary/aromatic N) is 2. The number of benzene rings is 1. The fraction of sp³-hybridized carbons (Fsp3) is 0.267. The summed E-state index contributed by atoms with van der Waals surface area (Å²) in [6, 6.07) is 5.45. The van der Waals surface area contributed by atoms with Crippen molar-refractivity contribution in [3.05, 3.63) is 58.4 Å². The van der Waals surface area contributed by atoms with Gasteiger partial charge in [0.05, 0.1) is 11.4 Å². The molecule has 0 bridgehead atoms. The number of hydrogen-bond donors (Lipinski definition) is 0. The van der Waals surface area contributed by atoms with Crippen molar-refractivity contribution in [3.63, 3.8) is 0 Å². The van der Waals surface area contributed by atoms with Crippen LogP contribution in [0.15, 0.2) is 24.3 Å². The van der Waals surface area contributed by atoms with Crippen LogP contribution < -0.4 is 0 Å². The van der Waals surface area contributed by atoms with Crippen molar-refractivity contribution in [3.8, 4) is 0 Å². The molecule has 0 atom stereocenters. The Morgan fingerprint density at radius 1 is 1.25 bits per heavy atom. The molecule has 20 heavy (non-hydrogen) atoms.